The second-order valence-corrected chi connectivity index (χ2v) is 5.96. The summed E-state index contributed by atoms with van der Waals surface area (Å²) < 4.78 is 0. The van der Waals surface area contributed by atoms with Crippen LogP contribution in [0, 0.1) is 0 Å². The van der Waals surface area contributed by atoms with Crippen molar-refractivity contribution in [3.05, 3.63) is 23.8 Å². The van der Waals surface area contributed by atoms with Crippen LogP contribution >= 0.6 is 11.8 Å². The van der Waals surface area contributed by atoms with Gasteiger partial charge >= 0.3 is 0 Å². The predicted molar refractivity (Wildman–Crippen MR) is 75.0 cm³/mol. The van der Waals surface area contributed by atoms with Crippen molar-refractivity contribution in [2.75, 3.05) is 18.6 Å². The van der Waals surface area contributed by atoms with Gasteiger partial charge in [0.1, 0.15) is 0 Å². The molecule has 2 atom stereocenters. The lowest BCUT2D eigenvalue weighted by molar-refractivity contribution is 0.282. The van der Waals surface area contributed by atoms with Crippen molar-refractivity contribution in [3.63, 3.8) is 0 Å². The number of rotatable bonds is 3. The fraction of sp³-hybridized carbons (Fsp3) is 0.571. The molecule has 1 aromatic rings. The molecule has 0 spiro atoms. The zero-order chi connectivity index (χ0) is 12.4. The maximum Gasteiger partial charge on any atom is 0.0504 e. The fourth-order valence-corrected chi connectivity index (χ4v) is 3.80. The van der Waals surface area contributed by atoms with E-state index in [2.05, 4.69) is 44.0 Å². The molecule has 0 saturated heterocycles. The van der Waals surface area contributed by atoms with E-state index < -0.39 is 0 Å². The van der Waals surface area contributed by atoms with Gasteiger partial charge < -0.3 is 10.0 Å². The van der Waals surface area contributed by atoms with Gasteiger partial charge in [-0.2, -0.15) is 0 Å². The highest BCUT2D eigenvalue weighted by Crippen LogP contribution is 2.42. The van der Waals surface area contributed by atoms with Crippen molar-refractivity contribution in [3.8, 4) is 0 Å². The molecule has 0 aliphatic carbocycles. The summed E-state index contributed by atoms with van der Waals surface area (Å²) in [5.41, 5.74) is 2.72. The van der Waals surface area contributed by atoms with E-state index in [1.54, 1.807) is 0 Å². The summed E-state index contributed by atoms with van der Waals surface area (Å²) in [6.45, 7) is 4.70. The van der Waals surface area contributed by atoms with Crippen molar-refractivity contribution >= 4 is 17.4 Å². The van der Waals surface area contributed by atoms with Crippen molar-refractivity contribution in [2.45, 2.75) is 42.9 Å². The lowest BCUT2D eigenvalue weighted by Gasteiger charge is -2.39. The first-order valence-electron chi connectivity index (χ1n) is 6.30. The van der Waals surface area contributed by atoms with E-state index in [1.165, 1.54) is 16.1 Å². The van der Waals surface area contributed by atoms with E-state index in [0.29, 0.717) is 11.3 Å². The molecule has 1 N–H and O–H groups in total. The third kappa shape index (κ3) is 2.45. The van der Waals surface area contributed by atoms with Gasteiger partial charge in [-0.05, 0) is 37.5 Å². The monoisotopic (exact) mass is 251 g/mol. The van der Waals surface area contributed by atoms with Crippen molar-refractivity contribution in [1.29, 1.82) is 0 Å². The van der Waals surface area contributed by atoms with Crippen LogP contribution in [0.4, 0.5) is 5.69 Å². The number of aliphatic hydroxyl groups is 1. The Hall–Kier alpha value is -0.670. The molecule has 0 saturated carbocycles. The van der Waals surface area contributed by atoms with Crippen LogP contribution in [-0.4, -0.2) is 30.1 Å². The summed E-state index contributed by atoms with van der Waals surface area (Å²) in [6.07, 6.45) is 1.95. The number of aryl methyl sites for hydroxylation is 1. The van der Waals surface area contributed by atoms with Crippen molar-refractivity contribution in [1.82, 2.24) is 0 Å². The number of nitrogens with zero attached hydrogens (tertiary/aromatic N) is 1. The van der Waals surface area contributed by atoms with Crippen molar-refractivity contribution in [2.24, 2.45) is 0 Å². The molecule has 94 valence electrons. The molecule has 0 amide bonds. The number of fused-ring (bicyclic) bond motifs is 1. The summed E-state index contributed by atoms with van der Waals surface area (Å²) in [5, 5.41) is 9.63. The molecule has 3 heteroatoms. The van der Waals surface area contributed by atoms with Crippen LogP contribution in [0.3, 0.4) is 0 Å². The molecular weight excluding hydrogens is 230 g/mol. The third-order valence-electron chi connectivity index (χ3n) is 3.65. The molecule has 2 nitrogen and oxygen atoms in total. The lowest BCUT2D eigenvalue weighted by atomic mass is 10.1. The molecule has 2 unspecified atom stereocenters. The zero-order valence-corrected chi connectivity index (χ0v) is 11.6. The number of thioether (sulfide) groups is 1. The Labute approximate surface area is 108 Å². The lowest BCUT2D eigenvalue weighted by Crippen LogP contribution is -2.41. The third-order valence-corrected chi connectivity index (χ3v) is 5.17. The highest BCUT2D eigenvalue weighted by Gasteiger charge is 2.29. The van der Waals surface area contributed by atoms with Crippen LogP contribution in [0.2, 0.25) is 0 Å². The Bertz CT molecular complexity index is 394. The minimum atomic E-state index is 0.276. The van der Waals surface area contributed by atoms with Gasteiger partial charge in [-0.1, -0.05) is 13.0 Å². The second-order valence-electron chi connectivity index (χ2n) is 4.68. The SMILES string of the molecule is CCc1ccc2c(c1)SC(CCO)C(C)N2C. The standard InChI is InChI=1S/C14H21NOS/c1-4-11-5-6-12-14(9-11)17-13(7-8-16)10(2)15(12)3/h5-6,9-10,13,16H,4,7-8H2,1-3H3. The highest BCUT2D eigenvalue weighted by atomic mass is 32.2. The van der Waals surface area contributed by atoms with Gasteiger partial charge in [0.15, 0.2) is 0 Å². The minimum absolute atomic E-state index is 0.276. The molecular formula is C14H21NOS. The van der Waals surface area contributed by atoms with Gasteiger partial charge in [0.05, 0.1) is 5.69 Å². The van der Waals surface area contributed by atoms with E-state index in [-0.39, 0.29) is 6.61 Å². The van der Waals surface area contributed by atoms with Gasteiger partial charge in [-0.3, -0.25) is 0 Å². The van der Waals surface area contributed by atoms with E-state index in [4.69, 9.17) is 5.11 Å². The Balaban J connectivity index is 2.31. The maximum atomic E-state index is 9.14. The first-order valence-corrected chi connectivity index (χ1v) is 7.18. The number of hydrogen-bond acceptors (Lipinski definition) is 3. The van der Waals surface area contributed by atoms with Gasteiger partial charge in [-0.15, -0.1) is 11.8 Å². The molecule has 1 aromatic carbocycles. The summed E-state index contributed by atoms with van der Waals surface area (Å²) in [5.74, 6) is 0. The molecule has 0 radical (unpaired) electrons. The molecule has 2 rings (SSSR count). The minimum Gasteiger partial charge on any atom is -0.396 e. The molecule has 17 heavy (non-hydrogen) atoms. The van der Waals surface area contributed by atoms with E-state index in [0.717, 1.165) is 12.8 Å². The maximum absolute atomic E-state index is 9.14. The van der Waals surface area contributed by atoms with Crippen LogP contribution in [0.1, 0.15) is 25.8 Å². The smallest absolute Gasteiger partial charge is 0.0504 e. The number of anilines is 1. The quantitative estimate of drug-likeness (QED) is 0.893. The Morgan fingerprint density at radius 3 is 2.82 bits per heavy atom. The average Bonchev–Trinajstić information content (AvgIpc) is 2.35. The summed E-state index contributed by atoms with van der Waals surface area (Å²) in [7, 11) is 2.15. The molecule has 1 aliphatic rings. The van der Waals surface area contributed by atoms with Crippen LogP contribution in [0.15, 0.2) is 23.1 Å². The zero-order valence-electron chi connectivity index (χ0n) is 10.8. The molecule has 0 bridgehead atoms. The summed E-state index contributed by atoms with van der Waals surface area (Å²) >= 11 is 1.92. The summed E-state index contributed by atoms with van der Waals surface area (Å²) in [6, 6.07) is 7.22. The van der Waals surface area contributed by atoms with Gasteiger partial charge in [-0.25, -0.2) is 0 Å². The summed E-state index contributed by atoms with van der Waals surface area (Å²) in [4.78, 5) is 3.70. The first kappa shape index (κ1) is 12.8. The Morgan fingerprint density at radius 1 is 1.41 bits per heavy atom. The van der Waals surface area contributed by atoms with Gasteiger partial charge in [0.2, 0.25) is 0 Å². The molecule has 1 aliphatic heterocycles. The topological polar surface area (TPSA) is 23.5 Å². The molecule has 0 aromatic heterocycles. The molecule has 0 fully saturated rings. The van der Waals surface area contributed by atoms with Crippen LogP contribution < -0.4 is 4.90 Å². The molecule has 1 heterocycles. The number of hydrogen-bond donors (Lipinski definition) is 1. The van der Waals surface area contributed by atoms with Crippen molar-refractivity contribution < 1.29 is 5.11 Å². The van der Waals surface area contributed by atoms with Crippen LogP contribution in [0.5, 0.6) is 0 Å². The van der Waals surface area contributed by atoms with Gasteiger partial charge in [0, 0.05) is 29.8 Å². The van der Waals surface area contributed by atoms with E-state index >= 15 is 0 Å². The normalized spacial score (nSPS) is 23.6. The van der Waals surface area contributed by atoms with Gasteiger partial charge in [0.25, 0.3) is 0 Å². The average molecular weight is 251 g/mol. The first-order chi connectivity index (χ1) is 8.17. The second kappa shape index (κ2) is 5.32. The predicted octanol–water partition coefficient (Wildman–Crippen LogP) is 2.93. The van der Waals surface area contributed by atoms with Crippen LogP contribution in [-0.2, 0) is 6.42 Å². The van der Waals surface area contributed by atoms with E-state index in [1.807, 2.05) is 11.8 Å². The van der Waals surface area contributed by atoms with E-state index in [9.17, 15) is 0 Å². The fourth-order valence-electron chi connectivity index (χ4n) is 2.32. The largest absolute Gasteiger partial charge is 0.396 e. The van der Waals surface area contributed by atoms with Crippen LogP contribution in [0.25, 0.3) is 0 Å². The number of benzene rings is 1. The Kier molecular flexibility index (Phi) is 4.00. The number of aliphatic hydroxyl groups excluding tert-OH is 1. The highest BCUT2D eigenvalue weighted by molar-refractivity contribution is 8.00. The Morgan fingerprint density at radius 2 is 2.18 bits per heavy atom.